The minimum atomic E-state index is 0.754. The Morgan fingerprint density at radius 3 is 2.88 bits per heavy atom. The SMILES string of the molecule is CCCOc1cccc(CCNC(=NC)N(C)CCOCC2CC2)c1. The number of benzene rings is 1. The van der Waals surface area contributed by atoms with Crippen LogP contribution in [0.15, 0.2) is 29.3 Å². The maximum Gasteiger partial charge on any atom is 0.193 e. The summed E-state index contributed by atoms with van der Waals surface area (Å²) in [6.45, 7) is 6.25. The lowest BCUT2D eigenvalue weighted by Gasteiger charge is -2.22. The van der Waals surface area contributed by atoms with Crippen LogP contribution in [0.4, 0.5) is 0 Å². The molecule has 1 fully saturated rings. The van der Waals surface area contributed by atoms with Crippen LogP contribution in [0.3, 0.4) is 0 Å². The number of ether oxygens (including phenoxy) is 2. The number of rotatable bonds is 11. The van der Waals surface area contributed by atoms with E-state index in [0.29, 0.717) is 0 Å². The second-order valence-electron chi connectivity index (χ2n) is 6.66. The van der Waals surface area contributed by atoms with Gasteiger partial charge in [0.25, 0.3) is 0 Å². The number of guanidine groups is 1. The van der Waals surface area contributed by atoms with Crippen molar-refractivity contribution in [1.29, 1.82) is 0 Å². The molecule has 1 aliphatic carbocycles. The van der Waals surface area contributed by atoms with Gasteiger partial charge in [-0.05, 0) is 49.3 Å². The van der Waals surface area contributed by atoms with Crippen LogP contribution in [-0.2, 0) is 11.2 Å². The van der Waals surface area contributed by atoms with Crippen molar-refractivity contribution in [2.75, 3.05) is 47.0 Å². The highest BCUT2D eigenvalue weighted by Gasteiger charge is 2.21. The summed E-state index contributed by atoms with van der Waals surface area (Å²) in [5, 5.41) is 3.42. The molecule has 0 aliphatic heterocycles. The molecule has 0 bridgehead atoms. The average molecular weight is 348 g/mol. The van der Waals surface area contributed by atoms with Crippen molar-refractivity contribution in [1.82, 2.24) is 10.2 Å². The monoisotopic (exact) mass is 347 g/mol. The van der Waals surface area contributed by atoms with Gasteiger partial charge in [-0.25, -0.2) is 0 Å². The summed E-state index contributed by atoms with van der Waals surface area (Å²) in [6.07, 6.45) is 4.64. The van der Waals surface area contributed by atoms with Crippen LogP contribution in [0.5, 0.6) is 5.75 Å². The Balaban J connectivity index is 1.67. The molecule has 1 saturated carbocycles. The van der Waals surface area contributed by atoms with E-state index in [0.717, 1.165) is 63.4 Å². The molecule has 1 aliphatic rings. The van der Waals surface area contributed by atoms with Crippen LogP contribution in [-0.4, -0.2) is 57.9 Å². The third-order valence-corrected chi connectivity index (χ3v) is 4.26. The highest BCUT2D eigenvalue weighted by molar-refractivity contribution is 5.79. The predicted octanol–water partition coefficient (Wildman–Crippen LogP) is 2.95. The van der Waals surface area contributed by atoms with E-state index in [1.54, 1.807) is 0 Å². The van der Waals surface area contributed by atoms with Crippen molar-refractivity contribution in [2.24, 2.45) is 10.9 Å². The van der Waals surface area contributed by atoms with Gasteiger partial charge in [0.1, 0.15) is 5.75 Å². The fourth-order valence-electron chi connectivity index (χ4n) is 2.56. The fourth-order valence-corrected chi connectivity index (χ4v) is 2.56. The molecule has 0 unspecified atom stereocenters. The van der Waals surface area contributed by atoms with Crippen molar-refractivity contribution in [3.05, 3.63) is 29.8 Å². The smallest absolute Gasteiger partial charge is 0.193 e. The largest absolute Gasteiger partial charge is 0.494 e. The van der Waals surface area contributed by atoms with E-state index in [2.05, 4.69) is 47.4 Å². The first-order valence-corrected chi connectivity index (χ1v) is 9.44. The van der Waals surface area contributed by atoms with Gasteiger partial charge in [0.15, 0.2) is 5.96 Å². The first-order chi connectivity index (χ1) is 12.2. The van der Waals surface area contributed by atoms with Gasteiger partial charge in [-0.15, -0.1) is 0 Å². The van der Waals surface area contributed by atoms with Gasteiger partial charge < -0.3 is 19.7 Å². The van der Waals surface area contributed by atoms with E-state index < -0.39 is 0 Å². The molecular weight excluding hydrogens is 314 g/mol. The first-order valence-electron chi connectivity index (χ1n) is 9.44. The fraction of sp³-hybridized carbons (Fsp3) is 0.650. The van der Waals surface area contributed by atoms with E-state index >= 15 is 0 Å². The molecule has 25 heavy (non-hydrogen) atoms. The summed E-state index contributed by atoms with van der Waals surface area (Å²) in [5.41, 5.74) is 1.27. The van der Waals surface area contributed by atoms with E-state index in [9.17, 15) is 0 Å². The summed E-state index contributed by atoms with van der Waals surface area (Å²) < 4.78 is 11.4. The molecule has 0 spiro atoms. The van der Waals surface area contributed by atoms with Gasteiger partial charge in [-0.2, -0.15) is 0 Å². The summed E-state index contributed by atoms with van der Waals surface area (Å²) >= 11 is 0. The molecule has 2 rings (SSSR count). The predicted molar refractivity (Wildman–Crippen MR) is 103 cm³/mol. The number of likely N-dealkylation sites (N-methyl/N-ethyl adjacent to an activating group) is 1. The Morgan fingerprint density at radius 1 is 1.32 bits per heavy atom. The molecule has 0 heterocycles. The van der Waals surface area contributed by atoms with Crippen LogP contribution < -0.4 is 10.1 Å². The zero-order valence-corrected chi connectivity index (χ0v) is 16.0. The first kappa shape index (κ1) is 19.6. The van der Waals surface area contributed by atoms with Gasteiger partial charge in [0.2, 0.25) is 0 Å². The summed E-state index contributed by atoms with van der Waals surface area (Å²) in [6, 6.07) is 8.33. The summed E-state index contributed by atoms with van der Waals surface area (Å²) in [7, 11) is 3.87. The molecule has 5 nitrogen and oxygen atoms in total. The minimum absolute atomic E-state index is 0.754. The maximum absolute atomic E-state index is 5.70. The Morgan fingerprint density at radius 2 is 2.16 bits per heavy atom. The highest BCUT2D eigenvalue weighted by atomic mass is 16.5. The number of hydrogen-bond acceptors (Lipinski definition) is 3. The zero-order chi connectivity index (χ0) is 17.9. The van der Waals surface area contributed by atoms with Crippen molar-refractivity contribution >= 4 is 5.96 Å². The van der Waals surface area contributed by atoms with Crippen molar-refractivity contribution in [3.63, 3.8) is 0 Å². The van der Waals surface area contributed by atoms with Gasteiger partial charge in [-0.1, -0.05) is 19.1 Å². The molecule has 1 aromatic rings. The molecule has 1 N–H and O–H groups in total. The summed E-state index contributed by atoms with van der Waals surface area (Å²) in [4.78, 5) is 6.47. The lowest BCUT2D eigenvalue weighted by atomic mass is 10.1. The lowest BCUT2D eigenvalue weighted by molar-refractivity contribution is 0.115. The second kappa shape index (κ2) is 11.0. The van der Waals surface area contributed by atoms with Gasteiger partial charge in [-0.3, -0.25) is 4.99 Å². The molecule has 0 saturated heterocycles. The van der Waals surface area contributed by atoms with E-state index in [1.165, 1.54) is 18.4 Å². The van der Waals surface area contributed by atoms with Crippen LogP contribution in [0.25, 0.3) is 0 Å². The summed E-state index contributed by atoms with van der Waals surface area (Å²) in [5.74, 6) is 2.68. The normalized spacial score (nSPS) is 14.4. The van der Waals surface area contributed by atoms with Crippen molar-refractivity contribution < 1.29 is 9.47 Å². The van der Waals surface area contributed by atoms with E-state index in [-0.39, 0.29) is 0 Å². The third-order valence-electron chi connectivity index (χ3n) is 4.26. The van der Waals surface area contributed by atoms with Crippen LogP contribution >= 0.6 is 0 Å². The maximum atomic E-state index is 5.70. The molecule has 5 heteroatoms. The highest BCUT2D eigenvalue weighted by Crippen LogP contribution is 2.28. The molecule has 140 valence electrons. The number of hydrogen-bond donors (Lipinski definition) is 1. The molecule has 1 aromatic carbocycles. The van der Waals surface area contributed by atoms with Crippen LogP contribution in [0.1, 0.15) is 31.7 Å². The second-order valence-corrected chi connectivity index (χ2v) is 6.66. The molecule has 0 atom stereocenters. The zero-order valence-electron chi connectivity index (χ0n) is 16.0. The number of aliphatic imine (C=N–C) groups is 1. The average Bonchev–Trinajstić information content (AvgIpc) is 3.45. The minimum Gasteiger partial charge on any atom is -0.494 e. The quantitative estimate of drug-likeness (QED) is 0.380. The van der Waals surface area contributed by atoms with Crippen LogP contribution in [0, 0.1) is 5.92 Å². The standard InChI is InChI=1S/C20H33N3O2/c1-4-13-25-19-7-5-6-17(15-19)10-11-22-20(21-2)23(3)12-14-24-16-18-8-9-18/h5-7,15,18H,4,8-14,16H2,1-3H3,(H,21,22). The third kappa shape index (κ3) is 7.78. The van der Waals surface area contributed by atoms with Crippen molar-refractivity contribution in [2.45, 2.75) is 32.6 Å². The Labute approximate surface area is 152 Å². The van der Waals surface area contributed by atoms with E-state index in [1.807, 2.05) is 13.1 Å². The molecular formula is C20H33N3O2. The molecule has 0 aromatic heterocycles. The topological polar surface area (TPSA) is 46.1 Å². The molecule has 0 radical (unpaired) electrons. The van der Waals surface area contributed by atoms with Gasteiger partial charge in [0, 0.05) is 33.8 Å². The number of nitrogens with zero attached hydrogens (tertiary/aromatic N) is 2. The Bertz CT molecular complexity index is 529. The van der Waals surface area contributed by atoms with Crippen molar-refractivity contribution in [3.8, 4) is 5.75 Å². The molecule has 0 amide bonds. The lowest BCUT2D eigenvalue weighted by Crippen LogP contribution is -2.41. The van der Waals surface area contributed by atoms with Gasteiger partial charge >= 0.3 is 0 Å². The van der Waals surface area contributed by atoms with E-state index in [4.69, 9.17) is 9.47 Å². The van der Waals surface area contributed by atoms with Gasteiger partial charge in [0.05, 0.1) is 13.2 Å². The Hall–Kier alpha value is -1.75. The number of nitrogens with one attached hydrogen (secondary N) is 1. The van der Waals surface area contributed by atoms with Crippen LogP contribution in [0.2, 0.25) is 0 Å². The Kier molecular flexibility index (Phi) is 8.60.